The molecule has 0 amide bonds. The molecule has 3 nitrogen and oxygen atoms in total. The molecule has 0 radical (unpaired) electrons. The molecule has 1 unspecified atom stereocenters. The fraction of sp³-hybridized carbons (Fsp3) is 0.294. The molecule has 3 heteroatoms. The molecule has 2 aromatic carbocycles. The first-order chi connectivity index (χ1) is 9.55. The third-order valence-electron chi connectivity index (χ3n) is 3.30. The number of benzene rings is 2. The Bertz CT molecular complexity index is 559. The van der Waals surface area contributed by atoms with Crippen LogP contribution in [0.3, 0.4) is 0 Å². The second-order valence-electron chi connectivity index (χ2n) is 4.96. The topological polar surface area (TPSA) is 49.7 Å². The fourth-order valence-electron chi connectivity index (χ4n) is 2.15. The van der Waals surface area contributed by atoms with Crippen molar-refractivity contribution in [2.45, 2.75) is 25.9 Å². The van der Waals surface area contributed by atoms with Gasteiger partial charge in [-0.05, 0) is 37.1 Å². The number of phenols is 1. The zero-order valence-electron chi connectivity index (χ0n) is 11.8. The van der Waals surface area contributed by atoms with E-state index >= 15 is 0 Å². The van der Waals surface area contributed by atoms with Crippen molar-refractivity contribution in [2.75, 3.05) is 6.61 Å². The summed E-state index contributed by atoms with van der Waals surface area (Å²) < 4.78 is 5.71. The third-order valence-corrected chi connectivity index (χ3v) is 3.30. The molecule has 0 aliphatic heterocycles. The Hall–Kier alpha value is -2.00. The molecule has 0 bridgehead atoms. The highest BCUT2D eigenvalue weighted by Crippen LogP contribution is 2.35. The molecule has 1 atom stereocenters. The molecule has 2 rings (SSSR count). The van der Waals surface area contributed by atoms with Crippen LogP contribution in [0.15, 0.2) is 48.5 Å². The maximum absolute atomic E-state index is 10.9. The second-order valence-corrected chi connectivity index (χ2v) is 4.96. The van der Waals surface area contributed by atoms with Crippen molar-refractivity contribution >= 4 is 0 Å². The highest BCUT2D eigenvalue weighted by Gasteiger charge is 2.28. The van der Waals surface area contributed by atoms with Crippen molar-refractivity contribution in [2.24, 2.45) is 0 Å². The molecule has 2 aromatic rings. The van der Waals surface area contributed by atoms with Gasteiger partial charge in [0.15, 0.2) is 0 Å². The molecule has 0 aliphatic carbocycles. The summed E-state index contributed by atoms with van der Waals surface area (Å²) in [6.45, 7) is 4.39. The van der Waals surface area contributed by atoms with Gasteiger partial charge in [0, 0.05) is 5.56 Å². The highest BCUT2D eigenvalue weighted by molar-refractivity contribution is 5.45. The summed E-state index contributed by atoms with van der Waals surface area (Å²) in [5.41, 5.74) is 0.264. The second kappa shape index (κ2) is 5.97. The van der Waals surface area contributed by atoms with Gasteiger partial charge in [-0.25, -0.2) is 0 Å². The van der Waals surface area contributed by atoms with Crippen LogP contribution >= 0.6 is 0 Å². The first-order valence-corrected chi connectivity index (χ1v) is 6.80. The van der Waals surface area contributed by atoms with E-state index in [4.69, 9.17) is 4.74 Å². The van der Waals surface area contributed by atoms with Crippen molar-refractivity contribution in [1.29, 1.82) is 0 Å². The van der Waals surface area contributed by atoms with E-state index in [2.05, 4.69) is 0 Å². The Balaban J connectivity index is 2.40. The van der Waals surface area contributed by atoms with Crippen molar-refractivity contribution in [3.8, 4) is 11.5 Å². The fourth-order valence-corrected chi connectivity index (χ4v) is 2.15. The average molecular weight is 272 g/mol. The molecule has 20 heavy (non-hydrogen) atoms. The van der Waals surface area contributed by atoms with Crippen LogP contribution in [0.2, 0.25) is 0 Å². The maximum Gasteiger partial charge on any atom is 0.125 e. The lowest BCUT2D eigenvalue weighted by molar-refractivity contribution is 0.0977. The zero-order chi connectivity index (χ0) is 14.6. The quantitative estimate of drug-likeness (QED) is 0.876. The van der Waals surface area contributed by atoms with E-state index in [1.165, 1.54) is 0 Å². The van der Waals surface area contributed by atoms with Gasteiger partial charge in [-0.15, -0.1) is 0 Å². The van der Waals surface area contributed by atoms with E-state index in [1.54, 1.807) is 31.2 Å². The molecule has 2 N–H and O–H groups in total. The predicted octanol–water partition coefficient (Wildman–Crippen LogP) is 3.44. The molecular formula is C17H20O3. The van der Waals surface area contributed by atoms with E-state index in [1.807, 2.05) is 31.2 Å². The Morgan fingerprint density at radius 1 is 1.05 bits per heavy atom. The summed E-state index contributed by atoms with van der Waals surface area (Å²) in [6, 6.07) is 14.1. The SMILES string of the molecule is CCCOc1ccccc1C(C)(O)c1ccc(O)cc1. The van der Waals surface area contributed by atoms with Gasteiger partial charge in [-0.2, -0.15) is 0 Å². The Labute approximate surface area is 119 Å². The molecule has 0 fully saturated rings. The Morgan fingerprint density at radius 2 is 1.70 bits per heavy atom. The molecule has 0 aliphatic rings. The molecule has 0 spiro atoms. The van der Waals surface area contributed by atoms with Crippen LogP contribution in [0.5, 0.6) is 11.5 Å². The van der Waals surface area contributed by atoms with Crippen LogP contribution in [0, 0.1) is 0 Å². The summed E-state index contributed by atoms with van der Waals surface area (Å²) in [7, 11) is 0. The molecule has 0 heterocycles. The molecule has 0 saturated carbocycles. The van der Waals surface area contributed by atoms with Gasteiger partial charge >= 0.3 is 0 Å². The van der Waals surface area contributed by atoms with Crippen molar-refractivity contribution in [3.05, 3.63) is 59.7 Å². The third kappa shape index (κ3) is 2.94. The number of phenolic OH excluding ortho intramolecular Hbond substituents is 1. The van der Waals surface area contributed by atoms with Crippen molar-refractivity contribution in [1.82, 2.24) is 0 Å². The summed E-state index contributed by atoms with van der Waals surface area (Å²) in [5, 5.41) is 20.2. The number of rotatable bonds is 5. The maximum atomic E-state index is 10.9. The largest absolute Gasteiger partial charge is 0.508 e. The minimum Gasteiger partial charge on any atom is -0.508 e. The van der Waals surface area contributed by atoms with Crippen molar-refractivity contribution < 1.29 is 14.9 Å². The van der Waals surface area contributed by atoms with Crippen LogP contribution < -0.4 is 4.74 Å². The lowest BCUT2D eigenvalue weighted by Gasteiger charge is -2.26. The monoisotopic (exact) mass is 272 g/mol. The first-order valence-electron chi connectivity index (χ1n) is 6.80. The van der Waals surface area contributed by atoms with Crippen LogP contribution in [0.4, 0.5) is 0 Å². The van der Waals surface area contributed by atoms with Gasteiger partial charge in [0.05, 0.1) is 6.61 Å². The van der Waals surface area contributed by atoms with Crippen LogP contribution in [-0.4, -0.2) is 16.8 Å². The van der Waals surface area contributed by atoms with Crippen LogP contribution in [0.25, 0.3) is 0 Å². The highest BCUT2D eigenvalue weighted by atomic mass is 16.5. The number of ether oxygens (including phenoxy) is 1. The van der Waals surface area contributed by atoms with Gasteiger partial charge in [0.25, 0.3) is 0 Å². The summed E-state index contributed by atoms with van der Waals surface area (Å²) in [6.07, 6.45) is 0.912. The van der Waals surface area contributed by atoms with E-state index in [-0.39, 0.29) is 5.75 Å². The van der Waals surface area contributed by atoms with Gasteiger partial charge in [-0.3, -0.25) is 0 Å². The number of aromatic hydroxyl groups is 1. The lowest BCUT2D eigenvalue weighted by Crippen LogP contribution is -2.23. The molecular weight excluding hydrogens is 252 g/mol. The number of hydrogen-bond acceptors (Lipinski definition) is 3. The minimum absolute atomic E-state index is 0.181. The van der Waals surface area contributed by atoms with Crippen LogP contribution in [-0.2, 0) is 5.60 Å². The van der Waals surface area contributed by atoms with Gasteiger partial charge in [0.2, 0.25) is 0 Å². The number of hydrogen-bond donors (Lipinski definition) is 2. The number of para-hydroxylation sites is 1. The Kier molecular flexibility index (Phi) is 4.30. The lowest BCUT2D eigenvalue weighted by atomic mass is 9.87. The molecule has 106 valence electrons. The van der Waals surface area contributed by atoms with E-state index in [0.29, 0.717) is 17.9 Å². The zero-order valence-corrected chi connectivity index (χ0v) is 11.8. The Morgan fingerprint density at radius 3 is 2.35 bits per heavy atom. The predicted molar refractivity (Wildman–Crippen MR) is 79.0 cm³/mol. The normalized spacial score (nSPS) is 13.8. The van der Waals surface area contributed by atoms with Crippen LogP contribution in [0.1, 0.15) is 31.4 Å². The smallest absolute Gasteiger partial charge is 0.125 e. The van der Waals surface area contributed by atoms with E-state index < -0.39 is 5.60 Å². The van der Waals surface area contributed by atoms with Gasteiger partial charge < -0.3 is 14.9 Å². The summed E-state index contributed by atoms with van der Waals surface area (Å²) >= 11 is 0. The van der Waals surface area contributed by atoms with Gasteiger partial charge in [0.1, 0.15) is 17.1 Å². The minimum atomic E-state index is -1.17. The standard InChI is InChI=1S/C17H20O3/c1-3-12-20-16-7-5-4-6-15(16)17(2,19)13-8-10-14(18)11-9-13/h4-11,18-19H,3,12H2,1-2H3. The number of aliphatic hydroxyl groups is 1. The van der Waals surface area contributed by atoms with E-state index in [0.717, 1.165) is 12.0 Å². The summed E-state index contributed by atoms with van der Waals surface area (Å²) in [5.74, 6) is 0.868. The average Bonchev–Trinajstić information content (AvgIpc) is 2.46. The summed E-state index contributed by atoms with van der Waals surface area (Å²) in [4.78, 5) is 0. The van der Waals surface area contributed by atoms with E-state index in [9.17, 15) is 10.2 Å². The van der Waals surface area contributed by atoms with Gasteiger partial charge in [-0.1, -0.05) is 37.3 Å². The molecule has 0 aromatic heterocycles. The first kappa shape index (κ1) is 14.4. The molecule has 0 saturated heterocycles. The van der Waals surface area contributed by atoms with Crippen molar-refractivity contribution in [3.63, 3.8) is 0 Å².